The fourth-order valence-corrected chi connectivity index (χ4v) is 2.38. The smallest absolute Gasteiger partial charge is 0.177 e. The third-order valence-corrected chi connectivity index (χ3v) is 3.87. The number of hydrogen-bond donors (Lipinski definition) is 1. The summed E-state index contributed by atoms with van der Waals surface area (Å²) in [6.45, 7) is 2.27. The Kier molecular flexibility index (Phi) is 3.69. The van der Waals surface area contributed by atoms with Gasteiger partial charge in [-0.1, -0.05) is 0 Å². The average molecular weight is 253 g/mol. The number of hydrogen-bond acceptors (Lipinski definition) is 3. The Morgan fingerprint density at radius 1 is 1.29 bits per heavy atom. The number of aliphatic hydroxyl groups excluding tert-OH is 1. The topological polar surface area (TPSA) is 30.0 Å². The lowest BCUT2D eigenvalue weighted by Gasteiger charge is -2.13. The minimum atomic E-state index is -0.629. The van der Waals surface area contributed by atoms with Gasteiger partial charge in [-0.15, -0.1) is 0 Å². The van der Waals surface area contributed by atoms with Gasteiger partial charge >= 0.3 is 0 Å². The third kappa shape index (κ3) is 2.45. The molecule has 0 aromatic rings. The van der Waals surface area contributed by atoms with E-state index in [0.29, 0.717) is 5.11 Å². The van der Waals surface area contributed by atoms with E-state index in [1.54, 1.807) is 11.9 Å². The van der Waals surface area contributed by atoms with Crippen molar-refractivity contribution in [3.8, 4) is 0 Å². The van der Waals surface area contributed by atoms with Crippen molar-refractivity contribution in [3.05, 3.63) is 24.0 Å². The SMILES string of the molecule is CN1C(=S)N(C)C(O)/C1=C\C=C\N1CCCC1. The number of allylic oxidation sites excluding steroid dienone is 2. The van der Waals surface area contributed by atoms with Crippen LogP contribution in [0.3, 0.4) is 0 Å². The number of thiocarbonyl (C=S) groups is 1. The number of likely N-dealkylation sites (tertiary alicyclic amines) is 1. The van der Waals surface area contributed by atoms with Gasteiger partial charge in [0.2, 0.25) is 0 Å². The molecule has 2 fully saturated rings. The standard InChI is InChI=1S/C12H19N3OS/c1-13-10(11(16)14(2)12(13)17)6-5-9-15-7-3-4-8-15/h5-6,9,11,16H,3-4,7-8H2,1-2H3/b9-5+,10-6+. The van der Waals surface area contributed by atoms with E-state index in [4.69, 9.17) is 12.2 Å². The van der Waals surface area contributed by atoms with E-state index >= 15 is 0 Å². The summed E-state index contributed by atoms with van der Waals surface area (Å²) in [4.78, 5) is 5.82. The van der Waals surface area contributed by atoms with Gasteiger partial charge in [0.25, 0.3) is 0 Å². The first-order valence-corrected chi connectivity index (χ1v) is 6.33. The molecule has 4 nitrogen and oxygen atoms in total. The molecular weight excluding hydrogens is 234 g/mol. The molecule has 5 heteroatoms. The summed E-state index contributed by atoms with van der Waals surface area (Å²) in [5.41, 5.74) is 0.827. The van der Waals surface area contributed by atoms with E-state index in [0.717, 1.165) is 18.8 Å². The quantitative estimate of drug-likeness (QED) is 0.741. The van der Waals surface area contributed by atoms with Gasteiger partial charge in [-0.3, -0.25) is 0 Å². The highest BCUT2D eigenvalue weighted by Crippen LogP contribution is 2.21. The van der Waals surface area contributed by atoms with Crippen molar-refractivity contribution in [2.45, 2.75) is 19.1 Å². The van der Waals surface area contributed by atoms with Crippen LogP contribution >= 0.6 is 12.2 Å². The minimum Gasteiger partial charge on any atom is -0.377 e. The summed E-state index contributed by atoms with van der Waals surface area (Å²) < 4.78 is 0. The maximum absolute atomic E-state index is 9.97. The molecule has 2 saturated heterocycles. The fraction of sp³-hybridized carbons (Fsp3) is 0.583. The van der Waals surface area contributed by atoms with E-state index in [9.17, 15) is 5.11 Å². The maximum atomic E-state index is 9.97. The van der Waals surface area contributed by atoms with Crippen LogP contribution in [0.1, 0.15) is 12.8 Å². The van der Waals surface area contributed by atoms with E-state index in [1.165, 1.54) is 12.8 Å². The first-order chi connectivity index (χ1) is 8.11. The number of likely N-dealkylation sites (N-methyl/N-ethyl adjacent to an activating group) is 2. The molecule has 0 spiro atoms. The highest BCUT2D eigenvalue weighted by molar-refractivity contribution is 7.80. The molecule has 1 atom stereocenters. The molecule has 0 aromatic heterocycles. The van der Waals surface area contributed by atoms with Gasteiger partial charge in [0, 0.05) is 27.2 Å². The van der Waals surface area contributed by atoms with Crippen molar-refractivity contribution < 1.29 is 5.11 Å². The largest absolute Gasteiger partial charge is 0.377 e. The van der Waals surface area contributed by atoms with Crippen LogP contribution in [-0.2, 0) is 0 Å². The molecule has 2 heterocycles. The van der Waals surface area contributed by atoms with Crippen molar-refractivity contribution in [1.82, 2.24) is 14.7 Å². The summed E-state index contributed by atoms with van der Waals surface area (Å²) in [5.74, 6) is 0. The van der Waals surface area contributed by atoms with Crippen molar-refractivity contribution in [2.24, 2.45) is 0 Å². The fourth-order valence-electron chi connectivity index (χ4n) is 2.18. The molecule has 2 aliphatic heterocycles. The second kappa shape index (κ2) is 5.06. The summed E-state index contributed by atoms with van der Waals surface area (Å²) in [7, 11) is 3.68. The zero-order valence-corrected chi connectivity index (χ0v) is 11.2. The molecule has 17 heavy (non-hydrogen) atoms. The number of nitrogens with zero attached hydrogens (tertiary/aromatic N) is 3. The lowest BCUT2D eigenvalue weighted by atomic mass is 10.3. The first kappa shape index (κ1) is 12.4. The predicted molar refractivity (Wildman–Crippen MR) is 72.2 cm³/mol. The molecule has 1 N–H and O–H groups in total. The van der Waals surface area contributed by atoms with E-state index in [1.807, 2.05) is 24.1 Å². The van der Waals surface area contributed by atoms with Crippen LogP contribution in [0, 0.1) is 0 Å². The predicted octanol–water partition coefficient (Wildman–Crippen LogP) is 0.960. The lowest BCUT2D eigenvalue weighted by Crippen LogP contribution is -2.29. The highest BCUT2D eigenvalue weighted by Gasteiger charge is 2.32. The minimum absolute atomic E-state index is 0.629. The average Bonchev–Trinajstić information content (AvgIpc) is 2.89. The number of aliphatic hydroxyl groups is 1. The molecule has 94 valence electrons. The van der Waals surface area contributed by atoms with Gasteiger partial charge in [0.15, 0.2) is 11.3 Å². The molecule has 2 aliphatic rings. The Balaban J connectivity index is 2.03. The van der Waals surface area contributed by atoms with Crippen molar-refractivity contribution >= 4 is 17.3 Å². The van der Waals surface area contributed by atoms with Crippen LogP contribution in [0.25, 0.3) is 0 Å². The zero-order chi connectivity index (χ0) is 12.4. The molecule has 0 amide bonds. The van der Waals surface area contributed by atoms with Gasteiger partial charge in [0.1, 0.15) is 0 Å². The Bertz CT molecular complexity index is 361. The van der Waals surface area contributed by atoms with Crippen LogP contribution in [0.5, 0.6) is 0 Å². The van der Waals surface area contributed by atoms with Crippen molar-refractivity contribution in [3.63, 3.8) is 0 Å². The van der Waals surface area contributed by atoms with E-state index in [-0.39, 0.29) is 0 Å². The first-order valence-electron chi connectivity index (χ1n) is 5.92. The van der Waals surface area contributed by atoms with Crippen LogP contribution < -0.4 is 0 Å². The van der Waals surface area contributed by atoms with Crippen LogP contribution in [0.2, 0.25) is 0 Å². The van der Waals surface area contributed by atoms with Crippen LogP contribution in [-0.4, -0.2) is 58.3 Å². The molecule has 0 bridgehead atoms. The third-order valence-electron chi connectivity index (χ3n) is 3.31. The maximum Gasteiger partial charge on any atom is 0.177 e. The summed E-state index contributed by atoms with van der Waals surface area (Å²) in [6, 6.07) is 0. The lowest BCUT2D eigenvalue weighted by molar-refractivity contribution is 0.115. The molecular formula is C12H19N3OS. The summed E-state index contributed by atoms with van der Waals surface area (Å²) in [6.07, 6.45) is 7.92. The van der Waals surface area contributed by atoms with Crippen molar-refractivity contribution in [1.29, 1.82) is 0 Å². The van der Waals surface area contributed by atoms with E-state index in [2.05, 4.69) is 11.1 Å². The molecule has 0 radical (unpaired) electrons. The summed E-state index contributed by atoms with van der Waals surface area (Å²) in [5, 5.41) is 10.6. The Morgan fingerprint density at radius 2 is 1.94 bits per heavy atom. The molecule has 2 rings (SSSR count). The van der Waals surface area contributed by atoms with Gasteiger partial charge in [-0.05, 0) is 43.4 Å². The second-order valence-corrected chi connectivity index (χ2v) is 4.87. The highest BCUT2D eigenvalue weighted by atomic mass is 32.1. The number of rotatable bonds is 2. The zero-order valence-electron chi connectivity index (χ0n) is 10.3. The van der Waals surface area contributed by atoms with Gasteiger partial charge in [-0.25, -0.2) is 0 Å². The van der Waals surface area contributed by atoms with Gasteiger partial charge in [0.05, 0.1) is 5.70 Å². The molecule has 1 unspecified atom stereocenters. The Hall–Kier alpha value is -1.07. The van der Waals surface area contributed by atoms with Gasteiger partial charge in [-0.2, -0.15) is 0 Å². The molecule has 0 saturated carbocycles. The normalized spacial score (nSPS) is 28.2. The molecule has 0 aromatic carbocycles. The van der Waals surface area contributed by atoms with Crippen LogP contribution in [0.4, 0.5) is 0 Å². The van der Waals surface area contributed by atoms with Crippen LogP contribution in [0.15, 0.2) is 24.0 Å². The Labute approximate surface area is 108 Å². The molecule has 0 aliphatic carbocycles. The van der Waals surface area contributed by atoms with E-state index < -0.39 is 6.23 Å². The monoisotopic (exact) mass is 253 g/mol. The second-order valence-electron chi connectivity index (χ2n) is 4.50. The Morgan fingerprint density at radius 3 is 2.47 bits per heavy atom. The van der Waals surface area contributed by atoms with Gasteiger partial charge < -0.3 is 19.8 Å². The summed E-state index contributed by atoms with van der Waals surface area (Å²) >= 11 is 5.19. The van der Waals surface area contributed by atoms with Crippen molar-refractivity contribution in [2.75, 3.05) is 27.2 Å².